The molecule has 0 aromatic heterocycles. The number of benzene rings is 1. The third-order valence-electron chi connectivity index (χ3n) is 4.51. The van der Waals surface area contributed by atoms with Gasteiger partial charge in [-0.05, 0) is 44.2 Å². The lowest BCUT2D eigenvalue weighted by Gasteiger charge is -2.32. The molecule has 1 saturated heterocycles. The highest BCUT2D eigenvalue weighted by atomic mass is 16.4. The van der Waals surface area contributed by atoms with Crippen LogP contribution in [0.15, 0.2) is 24.3 Å². The Balaban J connectivity index is 1.69. The summed E-state index contributed by atoms with van der Waals surface area (Å²) in [5.41, 5.74) is 1.87. The fourth-order valence-corrected chi connectivity index (χ4v) is 3.01. The number of aliphatic carboxylic acids is 1. The van der Waals surface area contributed by atoms with E-state index in [0.29, 0.717) is 32.6 Å². The third-order valence-corrected chi connectivity index (χ3v) is 4.51. The van der Waals surface area contributed by atoms with Crippen molar-refractivity contribution >= 4 is 23.7 Å². The molecule has 1 unspecified atom stereocenters. The molecule has 8 heteroatoms. The molecule has 1 fully saturated rings. The highest BCUT2D eigenvalue weighted by Crippen LogP contribution is 2.16. The molecule has 0 saturated carbocycles. The lowest BCUT2D eigenvalue weighted by atomic mass is 9.98. The van der Waals surface area contributed by atoms with Crippen LogP contribution in [0.2, 0.25) is 0 Å². The molecule has 1 aromatic rings. The molecule has 1 aromatic carbocycles. The molecule has 0 spiro atoms. The van der Waals surface area contributed by atoms with Crippen molar-refractivity contribution in [2.75, 3.05) is 31.5 Å². The Kier molecular flexibility index (Phi) is 7.91. The minimum atomic E-state index is -0.864. The number of carbonyl (C=O) groups is 3. The van der Waals surface area contributed by atoms with E-state index < -0.39 is 5.97 Å². The van der Waals surface area contributed by atoms with Gasteiger partial charge in [-0.15, -0.1) is 0 Å². The Hall–Kier alpha value is -2.77. The number of rotatable bonds is 7. The highest BCUT2D eigenvalue weighted by Gasteiger charge is 2.23. The number of aryl methyl sites for hydroxylation is 1. The van der Waals surface area contributed by atoms with Gasteiger partial charge in [0.25, 0.3) is 0 Å². The molecule has 1 aliphatic heterocycles. The minimum Gasteiger partial charge on any atom is -0.481 e. The van der Waals surface area contributed by atoms with Crippen molar-refractivity contribution < 1.29 is 19.5 Å². The first-order valence-electron chi connectivity index (χ1n) is 9.30. The number of nitrogens with zero attached hydrogens (tertiary/aromatic N) is 1. The number of nitrogens with one attached hydrogen (secondary N) is 3. The second kappa shape index (κ2) is 10.4. The van der Waals surface area contributed by atoms with E-state index in [-0.39, 0.29) is 24.4 Å². The van der Waals surface area contributed by atoms with Gasteiger partial charge in [0.05, 0.1) is 0 Å². The summed E-state index contributed by atoms with van der Waals surface area (Å²) in [6, 6.07) is 7.15. The first kappa shape index (κ1) is 20.5. The lowest BCUT2D eigenvalue weighted by molar-refractivity contribution is -0.137. The van der Waals surface area contributed by atoms with Crippen LogP contribution in [0, 0.1) is 12.8 Å². The summed E-state index contributed by atoms with van der Waals surface area (Å²) in [6.07, 6.45) is 2.30. The van der Waals surface area contributed by atoms with Crippen LogP contribution in [-0.2, 0) is 4.79 Å². The number of hydrogen-bond acceptors (Lipinski definition) is 3. The van der Waals surface area contributed by atoms with Gasteiger partial charge in [0.1, 0.15) is 0 Å². The second-order valence-corrected chi connectivity index (χ2v) is 6.88. The maximum atomic E-state index is 12.2. The van der Waals surface area contributed by atoms with Crippen LogP contribution >= 0.6 is 0 Å². The lowest BCUT2D eigenvalue weighted by Crippen LogP contribution is -2.48. The summed E-state index contributed by atoms with van der Waals surface area (Å²) in [5, 5.41) is 17.0. The van der Waals surface area contributed by atoms with Gasteiger partial charge in [0, 0.05) is 38.3 Å². The first-order valence-corrected chi connectivity index (χ1v) is 9.30. The van der Waals surface area contributed by atoms with Gasteiger partial charge in [-0.2, -0.15) is 0 Å². The summed E-state index contributed by atoms with van der Waals surface area (Å²) >= 11 is 0. The van der Waals surface area contributed by atoms with Gasteiger partial charge >= 0.3 is 18.0 Å². The molecule has 0 aliphatic carbocycles. The van der Waals surface area contributed by atoms with Crippen molar-refractivity contribution in [1.29, 1.82) is 0 Å². The predicted octanol–water partition coefficient (Wildman–Crippen LogP) is 2.40. The zero-order valence-electron chi connectivity index (χ0n) is 15.7. The maximum Gasteiger partial charge on any atom is 0.319 e. The second-order valence-electron chi connectivity index (χ2n) is 6.88. The SMILES string of the molecule is Cc1ccc(NC(=O)NCC2CCCN(C(=O)NCCCC(=O)O)C2)cc1. The maximum absolute atomic E-state index is 12.2. The number of likely N-dealkylation sites (tertiary alicyclic amines) is 1. The topological polar surface area (TPSA) is 111 Å². The minimum absolute atomic E-state index is 0.0446. The molecule has 8 nitrogen and oxygen atoms in total. The standard InChI is InChI=1S/C19H28N4O4/c1-14-6-8-16(9-7-14)22-18(26)21-12-15-4-3-11-23(13-15)19(27)20-10-2-5-17(24)25/h6-9,15H,2-5,10-13H2,1H3,(H,20,27)(H,24,25)(H2,21,22,26). The number of urea groups is 2. The molecule has 4 N–H and O–H groups in total. The summed E-state index contributed by atoms with van der Waals surface area (Å²) in [4.78, 5) is 36.4. The quantitative estimate of drug-likeness (QED) is 0.548. The van der Waals surface area contributed by atoms with Gasteiger partial charge < -0.3 is 26.0 Å². The number of carboxylic acids is 1. The molecule has 27 heavy (non-hydrogen) atoms. The van der Waals surface area contributed by atoms with Gasteiger partial charge in [0.2, 0.25) is 0 Å². The molecule has 1 heterocycles. The van der Waals surface area contributed by atoms with E-state index >= 15 is 0 Å². The van der Waals surface area contributed by atoms with Crippen molar-refractivity contribution in [1.82, 2.24) is 15.5 Å². The molecule has 1 aliphatic rings. The molecule has 1 atom stereocenters. The molecular formula is C19H28N4O4. The zero-order chi connectivity index (χ0) is 19.6. The summed E-state index contributed by atoms with van der Waals surface area (Å²) < 4.78 is 0. The molecule has 2 rings (SSSR count). The van der Waals surface area contributed by atoms with Gasteiger partial charge in [0.15, 0.2) is 0 Å². The van der Waals surface area contributed by atoms with E-state index in [2.05, 4.69) is 16.0 Å². The van der Waals surface area contributed by atoms with Gasteiger partial charge in [-0.1, -0.05) is 17.7 Å². The Morgan fingerprint density at radius 1 is 1.19 bits per heavy atom. The van der Waals surface area contributed by atoms with E-state index in [1.54, 1.807) is 4.90 Å². The van der Waals surface area contributed by atoms with E-state index in [1.807, 2.05) is 31.2 Å². The van der Waals surface area contributed by atoms with Gasteiger partial charge in [-0.25, -0.2) is 9.59 Å². The van der Waals surface area contributed by atoms with Crippen LogP contribution in [0.3, 0.4) is 0 Å². The highest BCUT2D eigenvalue weighted by molar-refractivity contribution is 5.89. The number of hydrogen-bond donors (Lipinski definition) is 4. The van der Waals surface area contributed by atoms with E-state index in [4.69, 9.17) is 5.11 Å². The van der Waals surface area contributed by atoms with Crippen molar-refractivity contribution in [3.63, 3.8) is 0 Å². The van der Waals surface area contributed by atoms with Crippen molar-refractivity contribution in [2.24, 2.45) is 5.92 Å². The smallest absolute Gasteiger partial charge is 0.319 e. The monoisotopic (exact) mass is 376 g/mol. The van der Waals surface area contributed by atoms with E-state index in [9.17, 15) is 14.4 Å². The average molecular weight is 376 g/mol. The summed E-state index contributed by atoms with van der Waals surface area (Å²) in [6.45, 7) is 4.09. The Bertz CT molecular complexity index is 648. The van der Waals surface area contributed by atoms with Gasteiger partial charge in [-0.3, -0.25) is 4.79 Å². The van der Waals surface area contributed by atoms with Crippen LogP contribution in [0.1, 0.15) is 31.2 Å². The van der Waals surface area contributed by atoms with E-state index in [0.717, 1.165) is 24.1 Å². The number of amides is 4. The summed E-state index contributed by atoms with van der Waals surface area (Å²) in [5.74, 6) is -0.662. The fraction of sp³-hybridized carbons (Fsp3) is 0.526. The number of piperidine rings is 1. The van der Waals surface area contributed by atoms with Crippen molar-refractivity contribution in [2.45, 2.75) is 32.6 Å². The predicted molar refractivity (Wildman–Crippen MR) is 103 cm³/mol. The number of carboxylic acid groups (broad SMARTS) is 1. The summed E-state index contributed by atoms with van der Waals surface area (Å²) in [7, 11) is 0. The molecule has 0 radical (unpaired) electrons. The van der Waals surface area contributed by atoms with Crippen molar-refractivity contribution in [3.8, 4) is 0 Å². The van der Waals surface area contributed by atoms with Crippen LogP contribution in [0.25, 0.3) is 0 Å². The number of anilines is 1. The Morgan fingerprint density at radius 3 is 2.63 bits per heavy atom. The molecule has 4 amide bonds. The van der Waals surface area contributed by atoms with Crippen LogP contribution in [0.5, 0.6) is 0 Å². The van der Waals surface area contributed by atoms with Crippen LogP contribution in [0.4, 0.5) is 15.3 Å². The molecule has 148 valence electrons. The third kappa shape index (κ3) is 7.55. The normalized spacial score (nSPS) is 16.5. The Labute approximate surface area is 159 Å². The first-order chi connectivity index (χ1) is 12.9. The number of carbonyl (C=O) groups excluding carboxylic acids is 2. The largest absolute Gasteiger partial charge is 0.481 e. The fourth-order valence-electron chi connectivity index (χ4n) is 3.01. The van der Waals surface area contributed by atoms with Crippen molar-refractivity contribution in [3.05, 3.63) is 29.8 Å². The van der Waals surface area contributed by atoms with Crippen LogP contribution < -0.4 is 16.0 Å². The zero-order valence-corrected chi connectivity index (χ0v) is 15.7. The van der Waals surface area contributed by atoms with E-state index in [1.165, 1.54) is 0 Å². The molecular weight excluding hydrogens is 348 g/mol. The average Bonchev–Trinajstić information content (AvgIpc) is 2.65. The Morgan fingerprint density at radius 2 is 1.93 bits per heavy atom. The van der Waals surface area contributed by atoms with Crippen LogP contribution in [-0.4, -0.2) is 54.2 Å². The molecule has 0 bridgehead atoms.